The van der Waals surface area contributed by atoms with Gasteiger partial charge in [-0.1, -0.05) is 6.58 Å². The van der Waals surface area contributed by atoms with E-state index in [1.165, 1.54) is 44.2 Å². The summed E-state index contributed by atoms with van der Waals surface area (Å²) in [7, 11) is 0. The highest BCUT2D eigenvalue weighted by atomic mass is 16.6. The van der Waals surface area contributed by atoms with E-state index in [4.69, 9.17) is 4.74 Å². The molecule has 0 bridgehead atoms. The highest BCUT2D eigenvalue weighted by Gasteiger charge is 2.20. The molecule has 0 amide bonds. The van der Waals surface area contributed by atoms with E-state index in [1.54, 1.807) is 13.0 Å². The van der Waals surface area contributed by atoms with Crippen LogP contribution in [-0.2, 0) is 9.53 Å². The van der Waals surface area contributed by atoms with Gasteiger partial charge in [-0.05, 0) is 44.1 Å². The Hall–Kier alpha value is -1.27. The SMILES string of the molecule is C=C[C@](C)(C#CC[NH+]1CCCCC1)OC(C)=O. The lowest BCUT2D eigenvalue weighted by molar-refractivity contribution is -0.897. The Morgan fingerprint density at radius 3 is 2.65 bits per heavy atom. The number of ether oxygens (including phenoxy) is 1. The molecule has 1 atom stereocenters. The number of esters is 1. The Labute approximate surface area is 104 Å². The minimum atomic E-state index is -0.846. The van der Waals surface area contributed by atoms with Crippen LogP contribution in [0.25, 0.3) is 0 Å². The Morgan fingerprint density at radius 2 is 2.12 bits per heavy atom. The van der Waals surface area contributed by atoms with Crippen molar-refractivity contribution in [1.82, 2.24) is 0 Å². The summed E-state index contributed by atoms with van der Waals surface area (Å²) in [4.78, 5) is 12.5. The number of quaternary nitrogens is 1. The lowest BCUT2D eigenvalue weighted by Crippen LogP contribution is -3.12. The Morgan fingerprint density at radius 1 is 1.47 bits per heavy atom. The maximum atomic E-state index is 10.9. The van der Waals surface area contributed by atoms with Crippen LogP contribution in [0.2, 0.25) is 0 Å². The van der Waals surface area contributed by atoms with Crippen LogP contribution < -0.4 is 4.90 Å². The van der Waals surface area contributed by atoms with Crippen molar-refractivity contribution in [2.45, 2.75) is 38.7 Å². The van der Waals surface area contributed by atoms with Gasteiger partial charge in [0, 0.05) is 6.92 Å². The lowest BCUT2D eigenvalue weighted by Gasteiger charge is -2.22. The number of carbonyl (C=O) groups excluding carboxylic acids is 1. The maximum absolute atomic E-state index is 10.9. The first kappa shape index (κ1) is 13.8. The van der Waals surface area contributed by atoms with Crippen LogP contribution in [0.4, 0.5) is 0 Å². The van der Waals surface area contributed by atoms with Gasteiger partial charge in [-0.25, -0.2) is 0 Å². The van der Waals surface area contributed by atoms with E-state index >= 15 is 0 Å². The summed E-state index contributed by atoms with van der Waals surface area (Å²) in [6, 6.07) is 0. The quantitative estimate of drug-likeness (QED) is 0.441. The number of piperidine rings is 1. The third kappa shape index (κ3) is 5.06. The summed E-state index contributed by atoms with van der Waals surface area (Å²) in [6.45, 7) is 10.0. The van der Waals surface area contributed by atoms with Crippen molar-refractivity contribution in [3.05, 3.63) is 12.7 Å². The largest absolute Gasteiger partial charge is 0.443 e. The normalized spacial score (nSPS) is 19.6. The van der Waals surface area contributed by atoms with Gasteiger partial charge in [0.2, 0.25) is 0 Å². The average molecular weight is 236 g/mol. The fourth-order valence-electron chi connectivity index (χ4n) is 1.99. The van der Waals surface area contributed by atoms with E-state index < -0.39 is 5.60 Å². The third-order valence-electron chi connectivity index (χ3n) is 2.98. The molecule has 0 aromatic carbocycles. The molecule has 1 heterocycles. The second-order valence-corrected chi connectivity index (χ2v) is 4.69. The van der Waals surface area contributed by atoms with Crippen molar-refractivity contribution in [3.63, 3.8) is 0 Å². The summed E-state index contributed by atoms with van der Waals surface area (Å²) >= 11 is 0. The molecule has 94 valence electrons. The molecule has 1 aliphatic rings. The van der Waals surface area contributed by atoms with Crippen LogP contribution in [0.15, 0.2) is 12.7 Å². The van der Waals surface area contributed by atoms with Gasteiger partial charge >= 0.3 is 5.97 Å². The number of hydrogen-bond donors (Lipinski definition) is 1. The van der Waals surface area contributed by atoms with Crippen molar-refractivity contribution in [2.24, 2.45) is 0 Å². The first-order valence-corrected chi connectivity index (χ1v) is 6.22. The summed E-state index contributed by atoms with van der Waals surface area (Å²) in [5, 5.41) is 0. The summed E-state index contributed by atoms with van der Waals surface area (Å²) in [5.74, 6) is 5.78. The Balaban J connectivity index is 2.49. The van der Waals surface area contributed by atoms with Gasteiger partial charge in [0.1, 0.15) is 6.54 Å². The second kappa shape index (κ2) is 6.46. The van der Waals surface area contributed by atoms with E-state index in [1.807, 2.05) is 0 Å². The Kier molecular flexibility index (Phi) is 5.24. The topological polar surface area (TPSA) is 30.7 Å². The molecule has 1 N–H and O–H groups in total. The number of hydrogen-bond acceptors (Lipinski definition) is 2. The fourth-order valence-corrected chi connectivity index (χ4v) is 1.99. The van der Waals surface area contributed by atoms with Crippen LogP contribution in [-0.4, -0.2) is 31.2 Å². The van der Waals surface area contributed by atoms with Gasteiger partial charge in [-0.2, -0.15) is 0 Å². The third-order valence-corrected chi connectivity index (χ3v) is 2.98. The predicted octanol–water partition coefficient (Wildman–Crippen LogP) is 0.566. The van der Waals surface area contributed by atoms with Crippen molar-refractivity contribution in [3.8, 4) is 11.8 Å². The highest BCUT2D eigenvalue weighted by Crippen LogP contribution is 2.09. The number of nitrogens with one attached hydrogen (secondary N) is 1. The molecule has 17 heavy (non-hydrogen) atoms. The predicted molar refractivity (Wildman–Crippen MR) is 67.6 cm³/mol. The van der Waals surface area contributed by atoms with E-state index in [-0.39, 0.29) is 5.97 Å². The van der Waals surface area contributed by atoms with E-state index in [9.17, 15) is 4.79 Å². The number of carbonyl (C=O) groups is 1. The van der Waals surface area contributed by atoms with E-state index in [0.29, 0.717) is 0 Å². The number of likely N-dealkylation sites (tertiary alicyclic amines) is 1. The number of rotatable bonds is 3. The summed E-state index contributed by atoms with van der Waals surface area (Å²) in [5.41, 5.74) is -0.846. The molecular weight excluding hydrogens is 214 g/mol. The van der Waals surface area contributed by atoms with Gasteiger partial charge < -0.3 is 9.64 Å². The summed E-state index contributed by atoms with van der Waals surface area (Å²) in [6.07, 6.45) is 5.50. The molecule has 1 saturated heterocycles. The first-order valence-electron chi connectivity index (χ1n) is 6.22. The maximum Gasteiger partial charge on any atom is 0.304 e. The molecule has 0 aromatic rings. The highest BCUT2D eigenvalue weighted by molar-refractivity contribution is 5.67. The monoisotopic (exact) mass is 236 g/mol. The molecule has 3 heteroatoms. The van der Waals surface area contributed by atoms with Gasteiger partial charge in [0.25, 0.3) is 0 Å². The van der Waals surface area contributed by atoms with Crippen LogP contribution in [0.5, 0.6) is 0 Å². The van der Waals surface area contributed by atoms with Crippen molar-refractivity contribution < 1.29 is 14.4 Å². The van der Waals surface area contributed by atoms with Crippen molar-refractivity contribution in [1.29, 1.82) is 0 Å². The van der Waals surface area contributed by atoms with Crippen molar-refractivity contribution in [2.75, 3.05) is 19.6 Å². The van der Waals surface area contributed by atoms with Crippen LogP contribution in [0.1, 0.15) is 33.1 Å². The summed E-state index contributed by atoms with van der Waals surface area (Å²) < 4.78 is 5.14. The fraction of sp³-hybridized carbons (Fsp3) is 0.643. The standard InChI is InChI=1S/C14H21NO2/c1-4-14(3,17-13(2)16)9-8-12-15-10-6-5-7-11-15/h4H,1,5-7,10-12H2,2-3H3/p+1/t14-/m1/s1. The average Bonchev–Trinajstić information content (AvgIpc) is 2.29. The molecule has 0 unspecified atom stereocenters. The zero-order valence-electron chi connectivity index (χ0n) is 10.8. The van der Waals surface area contributed by atoms with Gasteiger partial charge in [0.15, 0.2) is 5.60 Å². The molecule has 0 aliphatic carbocycles. The molecule has 0 radical (unpaired) electrons. The zero-order chi connectivity index (χ0) is 12.7. The smallest absolute Gasteiger partial charge is 0.304 e. The van der Waals surface area contributed by atoms with E-state index in [2.05, 4.69) is 18.4 Å². The van der Waals surface area contributed by atoms with Gasteiger partial charge in [0.05, 0.1) is 13.1 Å². The molecule has 3 nitrogen and oxygen atoms in total. The Bertz CT molecular complexity index is 334. The van der Waals surface area contributed by atoms with Gasteiger partial charge in [-0.15, -0.1) is 0 Å². The molecule has 0 spiro atoms. The first-order chi connectivity index (χ1) is 8.06. The molecule has 1 fully saturated rings. The molecule has 0 aromatic heterocycles. The zero-order valence-corrected chi connectivity index (χ0v) is 10.8. The van der Waals surface area contributed by atoms with Crippen LogP contribution in [0, 0.1) is 11.8 Å². The molecular formula is C14H22NO2+. The minimum absolute atomic E-state index is 0.327. The molecule has 1 rings (SSSR count). The molecule has 1 aliphatic heterocycles. The van der Waals surface area contributed by atoms with E-state index in [0.717, 1.165) is 6.54 Å². The minimum Gasteiger partial charge on any atom is -0.443 e. The second-order valence-electron chi connectivity index (χ2n) is 4.69. The van der Waals surface area contributed by atoms with Gasteiger partial charge in [-0.3, -0.25) is 4.79 Å². The lowest BCUT2D eigenvalue weighted by atomic mass is 10.1. The van der Waals surface area contributed by atoms with Crippen LogP contribution >= 0.6 is 0 Å². The van der Waals surface area contributed by atoms with Crippen molar-refractivity contribution >= 4 is 5.97 Å². The molecule has 0 saturated carbocycles. The van der Waals surface area contributed by atoms with Crippen LogP contribution in [0.3, 0.4) is 0 Å².